The van der Waals surface area contributed by atoms with Crippen LogP contribution in [-0.4, -0.2) is 16.1 Å². The molecule has 4 nitrogen and oxygen atoms in total. The molecule has 0 aliphatic rings. The normalized spacial score (nSPS) is 10.2. The van der Waals surface area contributed by atoms with E-state index >= 15 is 0 Å². The molecule has 0 amide bonds. The topological polar surface area (TPSA) is 57.0 Å². The zero-order valence-electron chi connectivity index (χ0n) is 7.57. The summed E-state index contributed by atoms with van der Waals surface area (Å²) >= 11 is 0. The standard InChI is InChI=1S/C9H14N2O2/c12-9(13)4-2-1-3-6-11-7-5-10-8-11/h5,7-8H,1-4,6H2,(H,12,13)/p+1. The Morgan fingerprint density at radius 3 is 2.85 bits per heavy atom. The molecule has 0 spiro atoms. The number of imidazole rings is 1. The monoisotopic (exact) mass is 183 g/mol. The summed E-state index contributed by atoms with van der Waals surface area (Å²) in [5.41, 5.74) is 0. The first-order valence-electron chi connectivity index (χ1n) is 4.52. The molecule has 0 atom stereocenters. The molecule has 0 saturated heterocycles. The van der Waals surface area contributed by atoms with Gasteiger partial charge in [0.25, 0.3) is 0 Å². The third kappa shape index (κ3) is 4.30. The molecule has 0 aromatic carbocycles. The van der Waals surface area contributed by atoms with Gasteiger partial charge in [-0.05, 0) is 19.3 Å². The van der Waals surface area contributed by atoms with Crippen LogP contribution < -0.4 is 4.57 Å². The number of carboxylic acids is 1. The summed E-state index contributed by atoms with van der Waals surface area (Å²) in [5, 5.41) is 8.39. The Hall–Kier alpha value is -1.32. The number of aliphatic carboxylic acids is 1. The minimum atomic E-state index is -0.700. The number of hydrogen-bond acceptors (Lipinski definition) is 1. The van der Waals surface area contributed by atoms with Gasteiger partial charge in [-0.1, -0.05) is 0 Å². The number of hydrogen-bond donors (Lipinski definition) is 2. The third-order valence-corrected chi connectivity index (χ3v) is 1.91. The van der Waals surface area contributed by atoms with Crippen LogP contribution in [0.4, 0.5) is 0 Å². The fourth-order valence-electron chi connectivity index (χ4n) is 1.21. The quantitative estimate of drug-likeness (QED) is 0.509. The molecule has 1 heterocycles. The van der Waals surface area contributed by atoms with Crippen molar-refractivity contribution in [2.75, 3.05) is 0 Å². The maximum Gasteiger partial charge on any atom is 0.303 e. The molecular formula is C9H15N2O2+. The molecule has 0 aliphatic carbocycles. The van der Waals surface area contributed by atoms with Crippen molar-refractivity contribution in [2.24, 2.45) is 0 Å². The summed E-state index contributed by atoms with van der Waals surface area (Å²) in [4.78, 5) is 13.1. The Labute approximate surface area is 77.2 Å². The summed E-state index contributed by atoms with van der Waals surface area (Å²) in [5.74, 6) is -0.700. The molecule has 72 valence electrons. The van der Waals surface area contributed by atoms with E-state index in [1.54, 1.807) is 0 Å². The largest absolute Gasteiger partial charge is 0.481 e. The van der Waals surface area contributed by atoms with E-state index < -0.39 is 5.97 Å². The molecule has 0 saturated carbocycles. The van der Waals surface area contributed by atoms with Crippen molar-refractivity contribution in [2.45, 2.75) is 32.2 Å². The Morgan fingerprint density at radius 2 is 2.23 bits per heavy atom. The average molecular weight is 183 g/mol. The van der Waals surface area contributed by atoms with Crippen molar-refractivity contribution in [3.63, 3.8) is 0 Å². The number of rotatable bonds is 6. The lowest BCUT2D eigenvalue weighted by atomic mass is 10.2. The Morgan fingerprint density at radius 1 is 1.38 bits per heavy atom. The fourth-order valence-corrected chi connectivity index (χ4v) is 1.21. The maximum atomic E-state index is 10.2. The van der Waals surface area contributed by atoms with Gasteiger partial charge in [0.2, 0.25) is 6.33 Å². The predicted molar refractivity (Wildman–Crippen MR) is 47.1 cm³/mol. The molecule has 1 aromatic rings. The number of carboxylic acid groups (broad SMARTS) is 1. The van der Waals surface area contributed by atoms with E-state index in [2.05, 4.69) is 9.55 Å². The summed E-state index contributed by atoms with van der Waals surface area (Å²) in [7, 11) is 0. The van der Waals surface area contributed by atoms with E-state index in [9.17, 15) is 4.79 Å². The number of H-pyrrole nitrogens is 1. The summed E-state index contributed by atoms with van der Waals surface area (Å²) in [6.07, 6.45) is 8.82. The summed E-state index contributed by atoms with van der Waals surface area (Å²) in [6, 6.07) is 0. The zero-order valence-corrected chi connectivity index (χ0v) is 7.57. The van der Waals surface area contributed by atoms with Crippen LogP contribution in [-0.2, 0) is 11.3 Å². The lowest BCUT2D eigenvalue weighted by molar-refractivity contribution is -0.696. The second-order valence-corrected chi connectivity index (χ2v) is 3.05. The van der Waals surface area contributed by atoms with Gasteiger partial charge in [0.15, 0.2) is 0 Å². The van der Waals surface area contributed by atoms with Gasteiger partial charge in [0.1, 0.15) is 12.4 Å². The lowest BCUT2D eigenvalue weighted by Gasteiger charge is -1.96. The highest BCUT2D eigenvalue weighted by Gasteiger charge is 1.98. The molecular weight excluding hydrogens is 168 g/mol. The molecule has 1 rings (SSSR count). The van der Waals surface area contributed by atoms with Gasteiger partial charge >= 0.3 is 5.97 Å². The number of nitrogens with zero attached hydrogens (tertiary/aromatic N) is 1. The number of nitrogens with one attached hydrogen (secondary N) is 1. The van der Waals surface area contributed by atoms with Crippen molar-refractivity contribution < 1.29 is 14.5 Å². The van der Waals surface area contributed by atoms with E-state index in [0.717, 1.165) is 25.8 Å². The van der Waals surface area contributed by atoms with Gasteiger partial charge in [0, 0.05) is 6.42 Å². The smallest absolute Gasteiger partial charge is 0.303 e. The molecule has 0 unspecified atom stereocenters. The third-order valence-electron chi connectivity index (χ3n) is 1.91. The van der Waals surface area contributed by atoms with E-state index in [0.29, 0.717) is 0 Å². The van der Waals surface area contributed by atoms with Crippen LogP contribution in [0.25, 0.3) is 0 Å². The molecule has 4 heteroatoms. The zero-order chi connectivity index (χ0) is 9.52. The molecule has 1 aromatic heterocycles. The van der Waals surface area contributed by atoms with Gasteiger partial charge in [-0.3, -0.25) is 9.78 Å². The first-order chi connectivity index (χ1) is 6.29. The molecule has 0 radical (unpaired) electrons. The number of aryl methyl sites for hydroxylation is 1. The fraction of sp³-hybridized carbons (Fsp3) is 0.556. The number of aromatic nitrogens is 2. The van der Waals surface area contributed by atoms with Crippen molar-refractivity contribution in [1.29, 1.82) is 0 Å². The number of unbranched alkanes of at least 4 members (excludes halogenated alkanes) is 2. The van der Waals surface area contributed by atoms with Gasteiger partial charge in [-0.15, -0.1) is 0 Å². The van der Waals surface area contributed by atoms with Crippen molar-refractivity contribution in [3.05, 3.63) is 18.7 Å². The van der Waals surface area contributed by atoms with E-state index in [-0.39, 0.29) is 6.42 Å². The van der Waals surface area contributed by atoms with Gasteiger partial charge < -0.3 is 5.11 Å². The van der Waals surface area contributed by atoms with Gasteiger partial charge in [-0.25, -0.2) is 4.57 Å². The molecule has 0 bridgehead atoms. The molecule has 0 aliphatic heterocycles. The molecule has 0 fully saturated rings. The van der Waals surface area contributed by atoms with Crippen LogP contribution in [0.2, 0.25) is 0 Å². The average Bonchev–Trinajstić information content (AvgIpc) is 2.55. The summed E-state index contributed by atoms with van der Waals surface area (Å²) in [6.45, 7) is 0.961. The van der Waals surface area contributed by atoms with Gasteiger partial charge in [0.05, 0.1) is 6.54 Å². The van der Waals surface area contributed by atoms with Crippen molar-refractivity contribution >= 4 is 5.97 Å². The first kappa shape index (κ1) is 9.77. The van der Waals surface area contributed by atoms with Crippen LogP contribution in [0.15, 0.2) is 18.7 Å². The van der Waals surface area contributed by atoms with Crippen molar-refractivity contribution in [3.8, 4) is 0 Å². The lowest BCUT2D eigenvalue weighted by Crippen LogP contribution is -2.30. The van der Waals surface area contributed by atoms with E-state index in [1.165, 1.54) is 0 Å². The highest BCUT2D eigenvalue weighted by atomic mass is 16.4. The Balaban J connectivity index is 1.99. The molecule has 2 N–H and O–H groups in total. The second kappa shape index (κ2) is 5.35. The van der Waals surface area contributed by atoms with Crippen LogP contribution >= 0.6 is 0 Å². The Kier molecular flexibility index (Phi) is 4.02. The second-order valence-electron chi connectivity index (χ2n) is 3.05. The number of carbonyl (C=O) groups is 1. The minimum absolute atomic E-state index is 0.289. The van der Waals surface area contributed by atoms with E-state index in [1.807, 2.05) is 18.7 Å². The number of aromatic amines is 1. The minimum Gasteiger partial charge on any atom is -0.481 e. The highest BCUT2D eigenvalue weighted by Crippen LogP contribution is 1.99. The van der Waals surface area contributed by atoms with E-state index in [4.69, 9.17) is 5.11 Å². The molecule has 13 heavy (non-hydrogen) atoms. The van der Waals surface area contributed by atoms with Crippen LogP contribution in [0.1, 0.15) is 25.7 Å². The highest BCUT2D eigenvalue weighted by molar-refractivity contribution is 5.66. The first-order valence-corrected chi connectivity index (χ1v) is 4.52. The van der Waals surface area contributed by atoms with Gasteiger partial charge in [-0.2, -0.15) is 0 Å². The predicted octanol–water partition coefficient (Wildman–Crippen LogP) is 0.947. The van der Waals surface area contributed by atoms with Crippen LogP contribution in [0, 0.1) is 0 Å². The van der Waals surface area contributed by atoms with Crippen LogP contribution in [0.3, 0.4) is 0 Å². The summed E-state index contributed by atoms with van der Waals surface area (Å²) < 4.78 is 2.06. The van der Waals surface area contributed by atoms with Crippen molar-refractivity contribution in [1.82, 2.24) is 4.98 Å². The SMILES string of the molecule is O=C(O)CCCCC[n+]1cc[nH]c1. The maximum absolute atomic E-state index is 10.2. The Bertz CT molecular complexity index is 244. The van der Waals surface area contributed by atoms with Crippen LogP contribution in [0.5, 0.6) is 0 Å².